The molecule has 0 aliphatic heterocycles. The number of phenols is 1. The summed E-state index contributed by atoms with van der Waals surface area (Å²) >= 11 is 0. The predicted molar refractivity (Wildman–Crippen MR) is 151 cm³/mol. The molecule has 2 aromatic rings. The molecule has 0 spiro atoms. The van der Waals surface area contributed by atoms with E-state index in [4.69, 9.17) is 4.74 Å². The number of aromatic hydroxyl groups is 1. The number of aryl methyl sites for hydroxylation is 1. The van der Waals surface area contributed by atoms with Crippen LogP contribution in [0, 0.1) is 0 Å². The van der Waals surface area contributed by atoms with Gasteiger partial charge in [0.05, 0.1) is 0 Å². The number of carbonyl (C=O) groups excluding carboxylic acids is 3. The summed E-state index contributed by atoms with van der Waals surface area (Å²) in [5.74, 6) is -0.547. The van der Waals surface area contributed by atoms with Gasteiger partial charge in [-0.15, -0.1) is 0 Å². The van der Waals surface area contributed by atoms with Gasteiger partial charge in [0.25, 0.3) is 0 Å². The standard InChI is InChI=1S/C31H43N3O5/c1-6-21-12-16-23(17-13-21)27(28(36)32-24-10-8-7-9-11-24)34(5)29(37)26(33-30(38)39-31(2,3)4)20-22-14-18-25(35)19-15-22/h12-19,24,26-27,35H,6-11,20H2,1-5H3,(H,32,36)(H,33,38). The molecule has 0 saturated heterocycles. The predicted octanol–water partition coefficient (Wildman–Crippen LogP) is 5.04. The van der Waals surface area contributed by atoms with Crippen molar-refractivity contribution in [3.05, 3.63) is 65.2 Å². The average molecular weight is 538 g/mol. The first kappa shape index (κ1) is 30.0. The van der Waals surface area contributed by atoms with E-state index in [1.54, 1.807) is 40.0 Å². The lowest BCUT2D eigenvalue weighted by Crippen LogP contribution is -2.53. The van der Waals surface area contributed by atoms with Crippen molar-refractivity contribution in [1.29, 1.82) is 0 Å². The minimum atomic E-state index is -0.991. The number of ether oxygens (including phenoxy) is 1. The highest BCUT2D eigenvalue weighted by atomic mass is 16.6. The monoisotopic (exact) mass is 537 g/mol. The third-order valence-corrected chi connectivity index (χ3v) is 7.00. The van der Waals surface area contributed by atoms with Gasteiger partial charge in [0, 0.05) is 19.5 Å². The fraction of sp³-hybridized carbons (Fsp3) is 0.516. The number of nitrogens with zero attached hydrogens (tertiary/aromatic N) is 1. The Balaban J connectivity index is 1.90. The van der Waals surface area contributed by atoms with Crippen LogP contribution in [-0.4, -0.2) is 52.6 Å². The number of hydrogen-bond acceptors (Lipinski definition) is 5. The van der Waals surface area contributed by atoms with Crippen LogP contribution in [0.25, 0.3) is 0 Å². The smallest absolute Gasteiger partial charge is 0.408 e. The number of likely N-dealkylation sites (N-methyl/N-ethyl adjacent to an activating group) is 1. The molecular formula is C31H43N3O5. The summed E-state index contributed by atoms with van der Waals surface area (Å²) in [4.78, 5) is 41.8. The zero-order chi connectivity index (χ0) is 28.6. The minimum Gasteiger partial charge on any atom is -0.508 e. The normalized spacial score (nSPS) is 15.6. The second kappa shape index (κ2) is 13.5. The molecule has 0 radical (unpaired) electrons. The summed E-state index contributed by atoms with van der Waals surface area (Å²) in [7, 11) is 1.60. The van der Waals surface area contributed by atoms with Gasteiger partial charge in [0.2, 0.25) is 11.8 Å². The quantitative estimate of drug-likeness (QED) is 0.415. The molecule has 39 heavy (non-hydrogen) atoms. The third-order valence-electron chi connectivity index (χ3n) is 7.00. The molecule has 0 heterocycles. The zero-order valence-corrected chi connectivity index (χ0v) is 23.8. The number of rotatable bonds is 9. The molecule has 212 valence electrons. The van der Waals surface area contributed by atoms with Crippen molar-refractivity contribution < 1.29 is 24.2 Å². The van der Waals surface area contributed by atoms with Gasteiger partial charge in [-0.05, 0) is 68.9 Å². The van der Waals surface area contributed by atoms with Gasteiger partial charge in [-0.3, -0.25) is 9.59 Å². The Morgan fingerprint density at radius 3 is 2.13 bits per heavy atom. The first-order chi connectivity index (χ1) is 18.5. The molecule has 1 aliphatic carbocycles. The topological polar surface area (TPSA) is 108 Å². The van der Waals surface area contributed by atoms with Crippen LogP contribution in [0.1, 0.15) is 82.5 Å². The van der Waals surface area contributed by atoms with E-state index in [2.05, 4.69) is 17.6 Å². The zero-order valence-electron chi connectivity index (χ0n) is 23.8. The van der Waals surface area contributed by atoms with Crippen molar-refractivity contribution in [3.63, 3.8) is 0 Å². The average Bonchev–Trinajstić information content (AvgIpc) is 2.89. The molecule has 8 heteroatoms. The van der Waals surface area contributed by atoms with Crippen molar-refractivity contribution >= 4 is 17.9 Å². The van der Waals surface area contributed by atoms with Crippen LogP contribution >= 0.6 is 0 Å². The molecule has 3 amide bonds. The molecule has 3 rings (SSSR count). The van der Waals surface area contributed by atoms with E-state index in [0.717, 1.165) is 43.2 Å². The number of amides is 3. The molecule has 3 N–H and O–H groups in total. The lowest BCUT2D eigenvalue weighted by Gasteiger charge is -2.33. The Bertz CT molecular complexity index is 1100. The summed E-state index contributed by atoms with van der Waals surface area (Å²) in [6.45, 7) is 7.32. The van der Waals surface area contributed by atoms with Gasteiger partial charge in [0.1, 0.15) is 23.4 Å². The van der Waals surface area contributed by atoms with Gasteiger partial charge < -0.3 is 25.4 Å². The molecule has 1 saturated carbocycles. The number of benzene rings is 2. The Morgan fingerprint density at radius 2 is 1.56 bits per heavy atom. The summed E-state index contributed by atoms with van der Waals surface area (Å²) < 4.78 is 5.43. The fourth-order valence-corrected chi connectivity index (χ4v) is 4.90. The second-order valence-electron chi connectivity index (χ2n) is 11.4. The van der Waals surface area contributed by atoms with Crippen molar-refractivity contribution in [2.24, 2.45) is 0 Å². The Kier molecular flexibility index (Phi) is 10.4. The highest BCUT2D eigenvalue weighted by molar-refractivity contribution is 5.92. The van der Waals surface area contributed by atoms with Gasteiger partial charge in [-0.25, -0.2) is 4.79 Å². The van der Waals surface area contributed by atoms with Gasteiger partial charge >= 0.3 is 6.09 Å². The lowest BCUT2D eigenvalue weighted by atomic mass is 9.94. The van der Waals surface area contributed by atoms with Crippen LogP contribution in [0.2, 0.25) is 0 Å². The molecule has 0 bridgehead atoms. The maximum atomic E-state index is 14.0. The first-order valence-corrected chi connectivity index (χ1v) is 13.9. The first-order valence-electron chi connectivity index (χ1n) is 13.9. The van der Waals surface area contributed by atoms with E-state index in [1.165, 1.54) is 23.5 Å². The molecule has 2 aromatic carbocycles. The Morgan fingerprint density at radius 1 is 0.974 bits per heavy atom. The number of hydrogen-bond donors (Lipinski definition) is 3. The van der Waals surface area contributed by atoms with E-state index < -0.39 is 29.7 Å². The van der Waals surface area contributed by atoms with Crippen molar-refractivity contribution in [3.8, 4) is 5.75 Å². The van der Waals surface area contributed by atoms with Crippen LogP contribution < -0.4 is 10.6 Å². The molecule has 1 aliphatic rings. The van der Waals surface area contributed by atoms with E-state index in [1.807, 2.05) is 24.3 Å². The summed E-state index contributed by atoms with van der Waals surface area (Å²) in [5.41, 5.74) is 1.84. The molecular weight excluding hydrogens is 494 g/mol. The minimum absolute atomic E-state index is 0.0832. The van der Waals surface area contributed by atoms with E-state index in [0.29, 0.717) is 5.56 Å². The van der Waals surface area contributed by atoms with E-state index in [9.17, 15) is 19.5 Å². The van der Waals surface area contributed by atoms with Gasteiger partial charge in [0.15, 0.2) is 0 Å². The number of phenolic OH excluding ortho intramolecular Hbond substituents is 1. The number of alkyl carbamates (subject to hydrolysis) is 1. The third kappa shape index (κ3) is 9.01. The van der Waals surface area contributed by atoms with E-state index in [-0.39, 0.29) is 24.1 Å². The number of carbonyl (C=O) groups is 3. The maximum Gasteiger partial charge on any atom is 0.408 e. The van der Waals surface area contributed by atoms with Gasteiger partial charge in [-0.2, -0.15) is 0 Å². The molecule has 0 aromatic heterocycles. The SMILES string of the molecule is CCc1ccc(C(C(=O)NC2CCCCC2)N(C)C(=O)C(Cc2ccc(O)cc2)NC(=O)OC(C)(C)C)cc1. The van der Waals surface area contributed by atoms with Crippen LogP contribution in [0.4, 0.5) is 4.79 Å². The Hall–Kier alpha value is -3.55. The molecule has 1 fully saturated rings. The maximum absolute atomic E-state index is 14.0. The largest absolute Gasteiger partial charge is 0.508 e. The Labute approximate surface area is 232 Å². The summed E-state index contributed by atoms with van der Waals surface area (Å²) in [6, 6.07) is 12.4. The van der Waals surface area contributed by atoms with Crippen molar-refractivity contribution in [1.82, 2.24) is 15.5 Å². The molecule has 8 nitrogen and oxygen atoms in total. The summed E-state index contributed by atoms with van der Waals surface area (Å²) in [6.07, 6.45) is 5.47. The molecule has 2 unspecified atom stereocenters. The van der Waals surface area contributed by atoms with Crippen LogP contribution in [0.3, 0.4) is 0 Å². The molecule has 2 atom stereocenters. The van der Waals surface area contributed by atoms with Crippen LogP contribution in [-0.2, 0) is 27.2 Å². The summed E-state index contributed by atoms with van der Waals surface area (Å²) in [5, 5.41) is 15.6. The number of nitrogens with one attached hydrogen (secondary N) is 2. The van der Waals surface area contributed by atoms with E-state index >= 15 is 0 Å². The second-order valence-corrected chi connectivity index (χ2v) is 11.4. The van der Waals surface area contributed by atoms with Crippen LogP contribution in [0.5, 0.6) is 5.75 Å². The van der Waals surface area contributed by atoms with Crippen LogP contribution in [0.15, 0.2) is 48.5 Å². The van der Waals surface area contributed by atoms with Gasteiger partial charge in [-0.1, -0.05) is 62.6 Å². The highest BCUT2D eigenvalue weighted by Gasteiger charge is 2.35. The lowest BCUT2D eigenvalue weighted by molar-refractivity contribution is -0.141. The fourth-order valence-electron chi connectivity index (χ4n) is 4.90. The van der Waals surface area contributed by atoms with Crippen molar-refractivity contribution in [2.45, 2.75) is 96.4 Å². The van der Waals surface area contributed by atoms with Crippen molar-refractivity contribution in [2.75, 3.05) is 7.05 Å². The highest BCUT2D eigenvalue weighted by Crippen LogP contribution is 2.25.